The van der Waals surface area contributed by atoms with Crippen molar-refractivity contribution in [3.8, 4) is 0 Å². The van der Waals surface area contributed by atoms with Crippen molar-refractivity contribution in [1.82, 2.24) is 26.6 Å². The van der Waals surface area contributed by atoms with E-state index in [4.69, 9.17) is 4.74 Å². The predicted octanol–water partition coefficient (Wildman–Crippen LogP) is 1.38. The molecule has 0 radical (unpaired) electrons. The van der Waals surface area contributed by atoms with Gasteiger partial charge in [-0.05, 0) is 43.4 Å². The Morgan fingerprint density at radius 3 is 2.19 bits per heavy atom. The fraction of sp³-hybridized carbons (Fsp3) is 0.731. The normalized spacial score (nSPS) is 21.6. The monoisotopic (exact) mass is 523 g/mol. The molecule has 0 aromatic carbocycles. The topological polar surface area (TPSA) is 155 Å². The van der Waals surface area contributed by atoms with Gasteiger partial charge in [-0.1, -0.05) is 47.6 Å². The van der Waals surface area contributed by atoms with Gasteiger partial charge in [0.15, 0.2) is 0 Å². The largest absolute Gasteiger partial charge is 0.467 e. The maximum Gasteiger partial charge on any atom is 0.328 e. The van der Waals surface area contributed by atoms with Crippen LogP contribution in [0.2, 0.25) is 0 Å². The van der Waals surface area contributed by atoms with Crippen LogP contribution in [0.3, 0.4) is 0 Å². The highest BCUT2D eigenvalue weighted by Gasteiger charge is 2.31. The Labute approximate surface area is 220 Å². The van der Waals surface area contributed by atoms with Gasteiger partial charge in [-0.3, -0.25) is 14.4 Å². The van der Waals surface area contributed by atoms with E-state index in [0.717, 1.165) is 0 Å². The van der Waals surface area contributed by atoms with Gasteiger partial charge in [-0.2, -0.15) is 0 Å². The molecule has 0 saturated carbocycles. The molecule has 5 amide bonds. The molecule has 1 heterocycles. The summed E-state index contributed by atoms with van der Waals surface area (Å²) in [5.74, 6) is -1.87. The second-order valence-corrected chi connectivity index (χ2v) is 10.5. The molecule has 1 aliphatic rings. The quantitative estimate of drug-likeness (QED) is 0.288. The number of esters is 1. The Morgan fingerprint density at radius 1 is 1.00 bits per heavy atom. The molecule has 11 nitrogen and oxygen atoms in total. The maximum absolute atomic E-state index is 13.2. The molecular formula is C26H45N5O6. The van der Waals surface area contributed by atoms with Gasteiger partial charge < -0.3 is 31.3 Å². The van der Waals surface area contributed by atoms with E-state index >= 15 is 0 Å². The van der Waals surface area contributed by atoms with Gasteiger partial charge >= 0.3 is 12.0 Å². The third-order valence-corrected chi connectivity index (χ3v) is 6.03. The Balaban J connectivity index is 2.99. The Morgan fingerprint density at radius 2 is 1.62 bits per heavy atom. The number of rotatable bonds is 9. The molecule has 4 atom stereocenters. The molecule has 0 saturated heterocycles. The second kappa shape index (κ2) is 15.9. The van der Waals surface area contributed by atoms with Gasteiger partial charge in [0, 0.05) is 18.7 Å². The van der Waals surface area contributed by atoms with Crippen LogP contribution in [-0.4, -0.2) is 67.5 Å². The lowest BCUT2D eigenvalue weighted by Gasteiger charge is -2.28. The third kappa shape index (κ3) is 11.7. The van der Waals surface area contributed by atoms with E-state index in [1.54, 1.807) is 33.8 Å². The van der Waals surface area contributed by atoms with Crippen molar-refractivity contribution in [1.29, 1.82) is 0 Å². The SMILES string of the molecule is COC(=O)[C@@H](NC(=O)N[C@H](C(=O)N[C@H]1CCCCNC(=O)/C=C\[C@H](CC(C)C)NC1=O)C(C)C)C(C)C. The van der Waals surface area contributed by atoms with Crippen LogP contribution in [-0.2, 0) is 23.9 Å². The van der Waals surface area contributed by atoms with E-state index in [2.05, 4.69) is 26.6 Å². The zero-order valence-electron chi connectivity index (χ0n) is 23.2. The third-order valence-electron chi connectivity index (χ3n) is 6.03. The molecular weight excluding hydrogens is 478 g/mol. The van der Waals surface area contributed by atoms with Crippen LogP contribution in [0.1, 0.15) is 67.2 Å². The zero-order chi connectivity index (χ0) is 28.1. The molecule has 11 heteroatoms. The van der Waals surface area contributed by atoms with Crippen LogP contribution in [0.25, 0.3) is 0 Å². The van der Waals surface area contributed by atoms with Gasteiger partial charge in [-0.25, -0.2) is 9.59 Å². The molecule has 1 rings (SSSR count). The Hall–Kier alpha value is -3.11. The van der Waals surface area contributed by atoms with E-state index in [1.807, 2.05) is 13.8 Å². The van der Waals surface area contributed by atoms with Crippen molar-refractivity contribution in [3.05, 3.63) is 12.2 Å². The number of carbonyl (C=O) groups excluding carboxylic acids is 5. The molecule has 0 fully saturated rings. The van der Waals surface area contributed by atoms with E-state index in [-0.39, 0.29) is 35.6 Å². The van der Waals surface area contributed by atoms with E-state index in [1.165, 1.54) is 13.2 Å². The summed E-state index contributed by atoms with van der Waals surface area (Å²) in [4.78, 5) is 63.0. The van der Waals surface area contributed by atoms with Crippen molar-refractivity contribution >= 4 is 29.7 Å². The first-order valence-corrected chi connectivity index (χ1v) is 13.1. The molecule has 5 N–H and O–H groups in total. The number of hydrogen-bond donors (Lipinski definition) is 5. The van der Waals surface area contributed by atoms with Gasteiger partial charge in [0.25, 0.3) is 0 Å². The number of amides is 5. The summed E-state index contributed by atoms with van der Waals surface area (Å²) < 4.78 is 4.75. The highest BCUT2D eigenvalue weighted by Crippen LogP contribution is 2.11. The summed E-state index contributed by atoms with van der Waals surface area (Å²) in [6, 6.07) is -3.67. The van der Waals surface area contributed by atoms with Crippen molar-refractivity contribution in [2.75, 3.05) is 13.7 Å². The first-order valence-electron chi connectivity index (χ1n) is 13.1. The van der Waals surface area contributed by atoms with Crippen LogP contribution in [0.15, 0.2) is 12.2 Å². The van der Waals surface area contributed by atoms with Crippen LogP contribution in [0.4, 0.5) is 4.79 Å². The molecule has 0 aromatic heterocycles. The summed E-state index contributed by atoms with van der Waals surface area (Å²) in [7, 11) is 1.24. The highest BCUT2D eigenvalue weighted by atomic mass is 16.5. The lowest BCUT2D eigenvalue weighted by molar-refractivity contribution is -0.144. The minimum Gasteiger partial charge on any atom is -0.467 e. The predicted molar refractivity (Wildman–Crippen MR) is 140 cm³/mol. The van der Waals surface area contributed by atoms with E-state index < -0.39 is 36.0 Å². The first-order chi connectivity index (χ1) is 17.3. The second-order valence-electron chi connectivity index (χ2n) is 10.5. The molecule has 0 bridgehead atoms. The average Bonchev–Trinajstić information content (AvgIpc) is 2.81. The number of nitrogens with one attached hydrogen (secondary N) is 5. The van der Waals surface area contributed by atoms with Crippen LogP contribution in [0, 0.1) is 17.8 Å². The lowest BCUT2D eigenvalue weighted by atomic mass is 10.00. The lowest BCUT2D eigenvalue weighted by Crippen LogP contribution is -2.59. The average molecular weight is 524 g/mol. The maximum atomic E-state index is 13.2. The highest BCUT2D eigenvalue weighted by molar-refractivity contribution is 5.93. The Bertz CT molecular complexity index is 826. The number of hydrogen-bond acceptors (Lipinski definition) is 6. The smallest absolute Gasteiger partial charge is 0.328 e. The molecule has 210 valence electrons. The minimum absolute atomic E-state index is 0.204. The number of carbonyl (C=O) groups is 5. The summed E-state index contributed by atoms with van der Waals surface area (Å²) in [5.41, 5.74) is 0. The van der Waals surface area contributed by atoms with Gasteiger partial charge in [0.1, 0.15) is 18.1 Å². The van der Waals surface area contributed by atoms with Crippen molar-refractivity contribution in [3.63, 3.8) is 0 Å². The molecule has 1 aliphatic heterocycles. The summed E-state index contributed by atoms with van der Waals surface area (Å²) in [6.45, 7) is 11.6. The zero-order valence-corrected chi connectivity index (χ0v) is 23.2. The summed E-state index contributed by atoms with van der Waals surface area (Å²) in [5, 5.41) is 13.8. The van der Waals surface area contributed by atoms with Crippen LogP contribution in [0.5, 0.6) is 0 Å². The molecule has 0 spiro atoms. The van der Waals surface area contributed by atoms with E-state index in [0.29, 0.717) is 32.2 Å². The van der Waals surface area contributed by atoms with Crippen molar-refractivity contribution in [2.45, 2.75) is 91.4 Å². The van der Waals surface area contributed by atoms with E-state index in [9.17, 15) is 24.0 Å². The summed E-state index contributed by atoms with van der Waals surface area (Å²) in [6.07, 6.45) is 5.35. The fourth-order valence-electron chi connectivity index (χ4n) is 3.94. The Kier molecular flexibility index (Phi) is 13.7. The number of methoxy groups -OCH3 is 1. The van der Waals surface area contributed by atoms with Crippen LogP contribution >= 0.6 is 0 Å². The number of ether oxygens (including phenoxy) is 1. The molecule has 0 aliphatic carbocycles. The molecule has 0 aromatic rings. The molecule has 37 heavy (non-hydrogen) atoms. The van der Waals surface area contributed by atoms with Crippen molar-refractivity contribution < 1.29 is 28.7 Å². The standard InChI is InChI=1S/C26H45N5O6/c1-15(2)14-18-11-12-20(32)27-13-9-8-10-19(23(33)28-18)29-24(34)21(16(3)4)30-26(36)31-22(17(5)6)25(35)37-7/h11-12,15-19,21-22H,8-10,13-14H2,1-7H3,(H,27,32)(H,28,33)(H,29,34)(H2,30,31,36)/b12-11-/t18-,19+,21+,22+/m1/s1. The first kappa shape index (κ1) is 31.9. The van der Waals surface area contributed by atoms with Crippen LogP contribution < -0.4 is 26.6 Å². The number of urea groups is 1. The van der Waals surface area contributed by atoms with Gasteiger partial charge in [-0.15, -0.1) is 0 Å². The minimum atomic E-state index is -0.940. The van der Waals surface area contributed by atoms with Gasteiger partial charge in [0.05, 0.1) is 7.11 Å². The van der Waals surface area contributed by atoms with Crippen molar-refractivity contribution in [2.24, 2.45) is 17.8 Å². The van der Waals surface area contributed by atoms with Gasteiger partial charge in [0.2, 0.25) is 17.7 Å². The summed E-state index contributed by atoms with van der Waals surface area (Å²) >= 11 is 0. The fourth-order valence-corrected chi connectivity index (χ4v) is 3.94. The molecule has 0 unspecified atom stereocenters.